The number of aromatic nitrogens is 4. The zero-order valence-corrected chi connectivity index (χ0v) is 19.6. The normalized spacial score (nSPS) is 12.5. The molecule has 162 valence electrons. The highest BCUT2D eigenvalue weighted by molar-refractivity contribution is 7.99. The van der Waals surface area contributed by atoms with E-state index in [2.05, 4.69) is 58.5 Å². The molecule has 1 N–H and O–H groups in total. The van der Waals surface area contributed by atoms with Gasteiger partial charge in [0.2, 0.25) is 5.91 Å². The summed E-state index contributed by atoms with van der Waals surface area (Å²) in [5.74, 6) is 0.615. The summed E-state index contributed by atoms with van der Waals surface area (Å²) in [5, 5.41) is 8.48. The number of pyridine rings is 1. The minimum absolute atomic E-state index is 0.120. The molecule has 9 heteroatoms. The number of fused-ring (bicyclic) bond motifs is 3. The Balaban J connectivity index is 1.66. The van der Waals surface area contributed by atoms with Gasteiger partial charge < -0.3 is 10.2 Å². The van der Waals surface area contributed by atoms with Crippen LogP contribution in [0.1, 0.15) is 18.2 Å². The van der Waals surface area contributed by atoms with Gasteiger partial charge in [-0.2, -0.15) is 5.10 Å². The van der Waals surface area contributed by atoms with E-state index in [9.17, 15) is 4.79 Å². The van der Waals surface area contributed by atoms with Crippen LogP contribution in [0.5, 0.6) is 0 Å². The molecule has 1 aromatic carbocycles. The zero-order chi connectivity index (χ0) is 22.2. The van der Waals surface area contributed by atoms with E-state index in [-0.39, 0.29) is 5.91 Å². The molecule has 1 amide bonds. The maximum atomic E-state index is 11.6. The Bertz CT molecular complexity index is 1280. The molecule has 4 aromatic rings. The monoisotopic (exact) mass is 462 g/mol. The van der Waals surface area contributed by atoms with E-state index in [1.807, 2.05) is 23.0 Å². The number of amides is 1. The van der Waals surface area contributed by atoms with E-state index in [0.717, 1.165) is 50.4 Å². The molecule has 3 aromatic heterocycles. The molecule has 0 radical (unpaired) electrons. The van der Waals surface area contributed by atoms with Gasteiger partial charge in [-0.3, -0.25) is 9.78 Å². The highest BCUT2D eigenvalue weighted by atomic mass is 32.2. The molecule has 0 spiro atoms. The molecule has 0 atom stereocenters. The van der Waals surface area contributed by atoms with E-state index in [4.69, 9.17) is 5.10 Å². The van der Waals surface area contributed by atoms with Crippen molar-refractivity contribution < 1.29 is 4.79 Å². The lowest BCUT2D eigenvalue weighted by atomic mass is 10.1. The maximum absolute atomic E-state index is 11.6. The Morgan fingerprint density at radius 1 is 1.22 bits per heavy atom. The Morgan fingerprint density at radius 2 is 2.03 bits per heavy atom. The van der Waals surface area contributed by atoms with Gasteiger partial charge in [0.15, 0.2) is 5.13 Å². The van der Waals surface area contributed by atoms with Gasteiger partial charge in [0, 0.05) is 37.2 Å². The number of hydrogen-bond acceptors (Lipinski definition) is 7. The predicted molar refractivity (Wildman–Crippen MR) is 129 cm³/mol. The SMILES string of the molecule is CC(=O)Nc1nc2c(s1)-c1c(c(-c3cccnc3)nn1-c1ccc(CN(C)C)cc1)SC2. The van der Waals surface area contributed by atoms with Crippen molar-refractivity contribution in [3.05, 3.63) is 60.0 Å². The summed E-state index contributed by atoms with van der Waals surface area (Å²) in [6.45, 7) is 2.38. The number of nitrogens with one attached hydrogen (secondary N) is 1. The van der Waals surface area contributed by atoms with Gasteiger partial charge in [0.25, 0.3) is 0 Å². The van der Waals surface area contributed by atoms with Gasteiger partial charge in [-0.15, -0.1) is 11.8 Å². The number of rotatable bonds is 5. The molecule has 7 nitrogen and oxygen atoms in total. The highest BCUT2D eigenvalue weighted by Gasteiger charge is 2.30. The Labute approximate surface area is 194 Å². The Morgan fingerprint density at radius 3 is 2.72 bits per heavy atom. The summed E-state index contributed by atoms with van der Waals surface area (Å²) in [4.78, 5) is 24.8. The van der Waals surface area contributed by atoms with Crippen molar-refractivity contribution >= 4 is 34.1 Å². The number of thiazole rings is 1. The fraction of sp³-hybridized carbons (Fsp3) is 0.217. The van der Waals surface area contributed by atoms with E-state index < -0.39 is 0 Å². The average Bonchev–Trinajstić information content (AvgIpc) is 3.35. The van der Waals surface area contributed by atoms with Crippen molar-refractivity contribution in [2.24, 2.45) is 0 Å². The fourth-order valence-corrected chi connectivity index (χ4v) is 6.04. The van der Waals surface area contributed by atoms with Gasteiger partial charge in [0.05, 0.1) is 21.2 Å². The number of carbonyl (C=O) groups excluding carboxylic acids is 1. The second-order valence-electron chi connectivity index (χ2n) is 7.85. The third-order valence-electron chi connectivity index (χ3n) is 5.01. The Hall–Kier alpha value is -3.01. The smallest absolute Gasteiger partial charge is 0.223 e. The molecule has 4 heterocycles. The van der Waals surface area contributed by atoms with Gasteiger partial charge in [0.1, 0.15) is 11.4 Å². The first kappa shape index (κ1) is 20.9. The topological polar surface area (TPSA) is 75.9 Å². The number of hydrogen-bond donors (Lipinski definition) is 1. The Kier molecular flexibility index (Phi) is 5.54. The standard InChI is InChI=1S/C23H22N6OS2/c1-14(30)25-23-26-18-13-31-22-19(16-5-4-10-24-11-16)27-29(20(22)21(18)32-23)17-8-6-15(7-9-17)12-28(2)3/h4-11H,12-13H2,1-3H3,(H,25,26,30). The van der Waals surface area contributed by atoms with Crippen LogP contribution in [-0.4, -0.2) is 44.7 Å². The third-order valence-corrected chi connectivity index (χ3v) is 7.12. The van der Waals surface area contributed by atoms with Gasteiger partial charge >= 0.3 is 0 Å². The molecule has 1 aliphatic heterocycles. The van der Waals surface area contributed by atoms with Crippen LogP contribution >= 0.6 is 23.1 Å². The van der Waals surface area contributed by atoms with Gasteiger partial charge in [-0.05, 0) is 43.9 Å². The number of anilines is 1. The lowest BCUT2D eigenvalue weighted by Gasteiger charge is -2.14. The second kappa shape index (κ2) is 8.50. The van der Waals surface area contributed by atoms with Crippen molar-refractivity contribution in [3.63, 3.8) is 0 Å². The number of carbonyl (C=O) groups is 1. The van der Waals surface area contributed by atoms with Crippen LogP contribution in [0.3, 0.4) is 0 Å². The first-order valence-corrected chi connectivity index (χ1v) is 12.0. The highest BCUT2D eigenvalue weighted by Crippen LogP contribution is 2.49. The van der Waals surface area contributed by atoms with E-state index in [1.165, 1.54) is 23.8 Å². The molecule has 0 saturated carbocycles. The van der Waals surface area contributed by atoms with Crippen LogP contribution in [-0.2, 0) is 17.1 Å². The minimum atomic E-state index is -0.120. The molecular weight excluding hydrogens is 440 g/mol. The second-order valence-corrected chi connectivity index (χ2v) is 9.83. The van der Waals surface area contributed by atoms with E-state index >= 15 is 0 Å². The van der Waals surface area contributed by atoms with Gasteiger partial charge in [-0.25, -0.2) is 9.67 Å². The molecule has 32 heavy (non-hydrogen) atoms. The molecule has 1 aliphatic rings. The van der Waals surface area contributed by atoms with Crippen LogP contribution in [0.15, 0.2) is 53.7 Å². The third kappa shape index (κ3) is 3.94. The largest absolute Gasteiger partial charge is 0.305 e. The summed E-state index contributed by atoms with van der Waals surface area (Å²) in [5.41, 5.74) is 6.11. The number of benzene rings is 1. The molecule has 0 fully saturated rings. The number of nitrogens with zero attached hydrogens (tertiary/aromatic N) is 5. The first-order valence-electron chi connectivity index (χ1n) is 10.2. The first-order chi connectivity index (χ1) is 15.5. The lowest BCUT2D eigenvalue weighted by Crippen LogP contribution is -2.10. The summed E-state index contributed by atoms with van der Waals surface area (Å²) < 4.78 is 2.00. The van der Waals surface area contributed by atoms with E-state index in [1.54, 1.807) is 18.0 Å². The molecule has 0 aliphatic carbocycles. The lowest BCUT2D eigenvalue weighted by molar-refractivity contribution is -0.114. The fourth-order valence-electron chi connectivity index (χ4n) is 3.71. The minimum Gasteiger partial charge on any atom is -0.305 e. The summed E-state index contributed by atoms with van der Waals surface area (Å²) in [6, 6.07) is 12.4. The van der Waals surface area contributed by atoms with Crippen molar-refractivity contribution in [2.75, 3.05) is 19.4 Å². The molecule has 0 bridgehead atoms. The molecule has 0 unspecified atom stereocenters. The quantitative estimate of drug-likeness (QED) is 0.464. The van der Waals surface area contributed by atoms with Crippen molar-refractivity contribution in [1.29, 1.82) is 0 Å². The maximum Gasteiger partial charge on any atom is 0.223 e. The summed E-state index contributed by atoms with van der Waals surface area (Å²) in [7, 11) is 4.13. The molecular formula is C23H22N6OS2. The van der Waals surface area contributed by atoms with Crippen LogP contribution in [0.2, 0.25) is 0 Å². The van der Waals surface area contributed by atoms with Crippen molar-refractivity contribution in [2.45, 2.75) is 24.1 Å². The van der Waals surface area contributed by atoms with Crippen LogP contribution < -0.4 is 5.32 Å². The molecule has 5 rings (SSSR count). The zero-order valence-electron chi connectivity index (χ0n) is 18.0. The number of thioether (sulfide) groups is 1. The van der Waals surface area contributed by atoms with E-state index in [0.29, 0.717) is 5.13 Å². The predicted octanol–water partition coefficient (Wildman–Crippen LogP) is 4.68. The van der Waals surface area contributed by atoms with Gasteiger partial charge in [-0.1, -0.05) is 23.5 Å². The van der Waals surface area contributed by atoms with Crippen molar-refractivity contribution in [1.82, 2.24) is 24.6 Å². The summed E-state index contributed by atoms with van der Waals surface area (Å²) >= 11 is 3.22. The summed E-state index contributed by atoms with van der Waals surface area (Å²) in [6.07, 6.45) is 3.61. The average molecular weight is 463 g/mol. The van der Waals surface area contributed by atoms with Crippen molar-refractivity contribution in [3.8, 4) is 27.5 Å². The molecule has 0 saturated heterocycles. The van der Waals surface area contributed by atoms with Crippen LogP contribution in [0.25, 0.3) is 27.5 Å². The van der Waals surface area contributed by atoms with Crippen LogP contribution in [0.4, 0.5) is 5.13 Å². The van der Waals surface area contributed by atoms with Crippen LogP contribution in [0, 0.1) is 0 Å².